The number of quaternary nitrogens is 1. The first-order valence-corrected chi connectivity index (χ1v) is 13.4. The van der Waals surface area contributed by atoms with E-state index in [1.165, 1.54) is 32.1 Å². The lowest BCUT2D eigenvalue weighted by atomic mass is 9.96. The summed E-state index contributed by atoms with van der Waals surface area (Å²) in [6.07, 6.45) is 13.3. The van der Waals surface area contributed by atoms with Crippen molar-refractivity contribution < 1.29 is 4.65 Å². The van der Waals surface area contributed by atoms with Gasteiger partial charge in [0.05, 0.1) is 11.9 Å². The Hall–Kier alpha value is -3.10. The van der Waals surface area contributed by atoms with Crippen molar-refractivity contribution in [3.63, 3.8) is 0 Å². The second-order valence-electron chi connectivity index (χ2n) is 10.5. The highest BCUT2D eigenvalue weighted by molar-refractivity contribution is 5.69. The molecule has 3 atom stereocenters. The van der Waals surface area contributed by atoms with Crippen molar-refractivity contribution >= 4 is 0 Å². The van der Waals surface area contributed by atoms with Gasteiger partial charge >= 0.3 is 0 Å². The van der Waals surface area contributed by atoms with Crippen molar-refractivity contribution in [2.24, 2.45) is 5.92 Å². The number of rotatable bonds is 8. The van der Waals surface area contributed by atoms with E-state index in [4.69, 9.17) is 0 Å². The summed E-state index contributed by atoms with van der Waals surface area (Å²) in [4.78, 5) is 7.01. The molecule has 0 amide bonds. The molecule has 8 heteroatoms. The largest absolute Gasteiger partial charge is 0.626 e. The lowest BCUT2D eigenvalue weighted by Crippen LogP contribution is -2.45. The first-order chi connectivity index (χ1) is 17.6. The summed E-state index contributed by atoms with van der Waals surface area (Å²) >= 11 is 0. The van der Waals surface area contributed by atoms with Gasteiger partial charge in [-0.15, -0.1) is 10.2 Å². The van der Waals surface area contributed by atoms with Gasteiger partial charge in [-0.05, 0) is 59.7 Å². The van der Waals surface area contributed by atoms with Gasteiger partial charge in [-0.2, -0.15) is 5.21 Å². The molecule has 0 bridgehead atoms. The second kappa shape index (κ2) is 10.9. The van der Waals surface area contributed by atoms with Gasteiger partial charge in [0.2, 0.25) is 5.82 Å². The molecule has 3 heterocycles. The van der Waals surface area contributed by atoms with Crippen molar-refractivity contribution in [3.05, 3.63) is 65.4 Å². The van der Waals surface area contributed by atoms with Crippen LogP contribution in [-0.4, -0.2) is 47.9 Å². The summed E-state index contributed by atoms with van der Waals surface area (Å²) in [5, 5.41) is 28.7. The number of aromatic nitrogens is 5. The van der Waals surface area contributed by atoms with Crippen molar-refractivity contribution in [1.82, 2.24) is 30.5 Å². The smallest absolute Gasteiger partial charge is 0.204 e. The number of nitrogens with one attached hydrogen (secondary N) is 1. The van der Waals surface area contributed by atoms with Crippen LogP contribution >= 0.6 is 0 Å². The Morgan fingerprint density at radius 2 is 1.92 bits per heavy atom. The maximum absolute atomic E-state index is 14.4. The number of nitrogens with zero attached hydrogens (tertiary/aromatic N) is 6. The molecule has 1 aliphatic carbocycles. The molecule has 0 spiro atoms. The van der Waals surface area contributed by atoms with Crippen LogP contribution in [0.2, 0.25) is 0 Å². The van der Waals surface area contributed by atoms with Gasteiger partial charge in [0.15, 0.2) is 6.67 Å². The normalized spacial score (nSPS) is 24.5. The summed E-state index contributed by atoms with van der Waals surface area (Å²) < 4.78 is -0.317. The predicted molar refractivity (Wildman–Crippen MR) is 141 cm³/mol. The maximum atomic E-state index is 14.4. The quantitative estimate of drug-likeness (QED) is 0.237. The molecule has 2 aliphatic rings. The molecule has 1 aliphatic heterocycles. The Bertz CT molecular complexity index is 1180. The second-order valence-corrected chi connectivity index (χ2v) is 10.5. The number of aromatic amines is 1. The van der Waals surface area contributed by atoms with Crippen molar-refractivity contribution in [2.45, 2.75) is 77.8 Å². The van der Waals surface area contributed by atoms with Gasteiger partial charge in [0, 0.05) is 24.2 Å². The predicted octanol–water partition coefficient (Wildman–Crippen LogP) is 6.02. The zero-order valence-corrected chi connectivity index (χ0v) is 21.4. The van der Waals surface area contributed by atoms with Gasteiger partial charge in [-0.3, -0.25) is 4.98 Å². The Kier molecular flexibility index (Phi) is 7.43. The van der Waals surface area contributed by atoms with Gasteiger partial charge in [-0.25, -0.2) is 0 Å². The number of unbranched alkanes of at least 4 members (excludes halogenated alkanes) is 1. The highest BCUT2D eigenvalue weighted by Crippen LogP contribution is 2.37. The minimum atomic E-state index is -0.317. The SMILES string of the molecule is CCCCC1=CN(C2CCCCCC2C)C[N+]1([O-])Cc1cc(-c2cccc(-c3nn[nH]n3)c2)ccn1. The fourth-order valence-electron chi connectivity index (χ4n) is 5.76. The monoisotopic (exact) mass is 487 g/mol. The van der Waals surface area contributed by atoms with E-state index in [0.717, 1.165) is 47.3 Å². The van der Waals surface area contributed by atoms with Crippen molar-refractivity contribution in [2.75, 3.05) is 6.67 Å². The van der Waals surface area contributed by atoms with E-state index in [1.807, 2.05) is 30.5 Å². The first kappa shape index (κ1) is 24.6. The van der Waals surface area contributed by atoms with Crippen LogP contribution in [0, 0.1) is 11.1 Å². The fraction of sp³-hybridized carbons (Fsp3) is 0.500. The fourth-order valence-corrected chi connectivity index (χ4v) is 5.76. The van der Waals surface area contributed by atoms with E-state index in [9.17, 15) is 5.21 Å². The molecule has 5 rings (SSSR count). The van der Waals surface area contributed by atoms with Crippen molar-refractivity contribution in [1.29, 1.82) is 0 Å². The molecule has 0 saturated heterocycles. The van der Waals surface area contributed by atoms with Crippen LogP contribution < -0.4 is 0 Å². The standard InChI is InChI=1S/C28H37N7O/c1-3-4-12-26-18-34(27-13-7-5-6-9-21(27)2)20-35(26,36)19-25-17-23(14-15-29-25)22-10-8-11-24(16-22)28-30-32-33-31-28/h8,10-11,14-18,21,27H,3-7,9,12-13,19-20H2,1-2H3,(H,30,31,32,33). The number of benzene rings is 1. The zero-order chi connectivity index (χ0) is 25.0. The highest BCUT2D eigenvalue weighted by Gasteiger charge is 2.37. The molecule has 3 unspecified atom stereocenters. The third kappa shape index (κ3) is 5.34. The summed E-state index contributed by atoms with van der Waals surface area (Å²) in [5.74, 6) is 1.18. The van der Waals surface area contributed by atoms with Gasteiger partial charge < -0.3 is 14.8 Å². The van der Waals surface area contributed by atoms with E-state index in [-0.39, 0.29) is 4.65 Å². The molecule has 1 aromatic carbocycles. The maximum Gasteiger partial charge on any atom is 0.204 e. The molecule has 1 fully saturated rings. The number of allylic oxidation sites excluding steroid dienone is 1. The van der Waals surface area contributed by atoms with Crippen LogP contribution in [-0.2, 0) is 6.54 Å². The summed E-state index contributed by atoms with van der Waals surface area (Å²) in [7, 11) is 0. The summed E-state index contributed by atoms with van der Waals surface area (Å²) in [6, 6.07) is 12.6. The molecule has 8 nitrogen and oxygen atoms in total. The molecular formula is C28H37N7O. The number of pyridine rings is 1. The molecule has 1 N–H and O–H groups in total. The average molecular weight is 488 g/mol. The lowest BCUT2D eigenvalue weighted by molar-refractivity contribution is -0.860. The highest BCUT2D eigenvalue weighted by atomic mass is 16.6. The molecule has 190 valence electrons. The van der Waals surface area contributed by atoms with Crippen LogP contribution in [0.5, 0.6) is 0 Å². The molecule has 1 saturated carbocycles. The topological polar surface area (TPSA) is 93.7 Å². The Morgan fingerprint density at radius 3 is 2.75 bits per heavy atom. The van der Waals surface area contributed by atoms with Crippen LogP contribution in [0.4, 0.5) is 0 Å². The van der Waals surface area contributed by atoms with Crippen molar-refractivity contribution in [3.8, 4) is 22.5 Å². The minimum absolute atomic E-state index is 0.317. The molecule has 36 heavy (non-hydrogen) atoms. The summed E-state index contributed by atoms with van der Waals surface area (Å²) in [5.41, 5.74) is 4.79. The third-order valence-corrected chi connectivity index (χ3v) is 7.79. The Balaban J connectivity index is 1.38. The van der Waals surface area contributed by atoms with E-state index in [1.54, 1.807) is 0 Å². The van der Waals surface area contributed by atoms with Crippen LogP contribution in [0.3, 0.4) is 0 Å². The number of hydroxylamine groups is 3. The van der Waals surface area contributed by atoms with Gasteiger partial charge in [0.1, 0.15) is 12.2 Å². The Labute approximate surface area is 213 Å². The Morgan fingerprint density at radius 1 is 1.08 bits per heavy atom. The number of hydrogen-bond donors (Lipinski definition) is 1. The summed E-state index contributed by atoms with van der Waals surface area (Å²) in [6.45, 7) is 5.40. The van der Waals surface area contributed by atoms with Crippen LogP contribution in [0.25, 0.3) is 22.5 Å². The number of hydrogen-bond acceptors (Lipinski definition) is 6. The average Bonchev–Trinajstić information content (AvgIpc) is 3.47. The molecule has 3 aromatic rings. The van der Waals surface area contributed by atoms with E-state index >= 15 is 0 Å². The van der Waals surface area contributed by atoms with Gasteiger partial charge in [0.25, 0.3) is 0 Å². The van der Waals surface area contributed by atoms with E-state index in [0.29, 0.717) is 31.0 Å². The molecule has 2 aromatic heterocycles. The lowest BCUT2D eigenvalue weighted by Gasteiger charge is -2.42. The number of H-pyrrole nitrogens is 1. The molecule has 0 radical (unpaired) electrons. The van der Waals surface area contributed by atoms with E-state index < -0.39 is 0 Å². The molecular weight excluding hydrogens is 450 g/mol. The van der Waals surface area contributed by atoms with Crippen LogP contribution in [0.15, 0.2) is 54.5 Å². The zero-order valence-electron chi connectivity index (χ0n) is 21.4. The minimum Gasteiger partial charge on any atom is -0.626 e. The number of tetrazole rings is 1. The first-order valence-electron chi connectivity index (χ1n) is 13.4. The van der Waals surface area contributed by atoms with Gasteiger partial charge in [-0.1, -0.05) is 57.7 Å². The van der Waals surface area contributed by atoms with Crippen LogP contribution in [0.1, 0.15) is 70.9 Å². The van der Waals surface area contributed by atoms with E-state index in [2.05, 4.69) is 62.7 Å². The third-order valence-electron chi connectivity index (χ3n) is 7.79.